The first-order chi connectivity index (χ1) is 10.2. The lowest BCUT2D eigenvalue weighted by molar-refractivity contribution is -0.137. The minimum atomic E-state index is -0.672. The quantitative estimate of drug-likeness (QED) is 0.276. The number of rotatable bonds is 14. The minimum Gasteiger partial charge on any atom is -0.481 e. The Morgan fingerprint density at radius 2 is 1.62 bits per heavy atom. The highest BCUT2D eigenvalue weighted by molar-refractivity contribution is 5.66. The first-order valence-electron chi connectivity index (χ1n) is 8.76. The zero-order chi connectivity index (χ0) is 15.3. The number of hydrogen-bond donors (Lipinski definition) is 1. The maximum Gasteiger partial charge on any atom is 0.303 e. The second-order valence-electron chi connectivity index (χ2n) is 6.10. The Balaban J connectivity index is 1.78. The molecule has 1 fully saturated rings. The van der Waals surface area contributed by atoms with Gasteiger partial charge in [-0.15, -0.1) is 0 Å². The lowest BCUT2D eigenvalue weighted by atomic mass is 10.1. The first-order valence-corrected chi connectivity index (χ1v) is 8.76. The predicted molar refractivity (Wildman–Crippen MR) is 86.5 cm³/mol. The van der Waals surface area contributed by atoms with Gasteiger partial charge in [-0.1, -0.05) is 51.2 Å². The molecule has 0 aromatic carbocycles. The van der Waals surface area contributed by atoms with Crippen LogP contribution in [0, 0.1) is 0 Å². The normalized spacial score (nSPS) is 21.0. The summed E-state index contributed by atoms with van der Waals surface area (Å²) in [6.07, 6.45) is 18.8. The van der Waals surface area contributed by atoms with E-state index in [2.05, 4.69) is 19.1 Å². The van der Waals surface area contributed by atoms with Crippen molar-refractivity contribution in [3.8, 4) is 0 Å². The molecule has 1 aliphatic heterocycles. The molecule has 122 valence electrons. The molecule has 1 aliphatic rings. The predicted octanol–water partition coefficient (Wildman–Crippen LogP) is 5.10. The number of hydrogen-bond acceptors (Lipinski definition) is 2. The van der Waals surface area contributed by atoms with E-state index < -0.39 is 5.97 Å². The fraction of sp³-hybridized carbons (Fsp3) is 0.833. The number of epoxide rings is 1. The Bertz CT molecular complexity index is 299. The van der Waals surface area contributed by atoms with Gasteiger partial charge in [0.2, 0.25) is 0 Å². The first kappa shape index (κ1) is 18.2. The Morgan fingerprint density at radius 1 is 0.952 bits per heavy atom. The Labute approximate surface area is 129 Å². The molecule has 0 aromatic rings. The standard InChI is InChI=1S/C18H32O3/c1-2-3-13-16-17(21-16)14-11-9-7-5-4-6-8-10-12-15-18(19)20/h7,9,16-17H,2-6,8,10-15H2,1H3,(H,19,20)/b9-7-/t16-,17+/m0/s1. The van der Waals surface area contributed by atoms with E-state index >= 15 is 0 Å². The highest BCUT2D eigenvalue weighted by atomic mass is 16.6. The molecular formula is C18H32O3. The fourth-order valence-electron chi connectivity index (χ4n) is 2.66. The van der Waals surface area contributed by atoms with E-state index in [0.29, 0.717) is 18.6 Å². The molecule has 0 radical (unpaired) electrons. The Hall–Kier alpha value is -0.830. The number of ether oxygens (including phenoxy) is 1. The van der Waals surface area contributed by atoms with Gasteiger partial charge in [0.25, 0.3) is 0 Å². The molecule has 3 heteroatoms. The van der Waals surface area contributed by atoms with Gasteiger partial charge in [0.15, 0.2) is 0 Å². The summed E-state index contributed by atoms with van der Waals surface area (Å²) in [7, 11) is 0. The second kappa shape index (κ2) is 11.8. The van der Waals surface area contributed by atoms with Crippen LogP contribution in [0.4, 0.5) is 0 Å². The molecule has 0 bridgehead atoms. The number of carboxylic acid groups (broad SMARTS) is 1. The van der Waals surface area contributed by atoms with E-state index in [-0.39, 0.29) is 0 Å². The van der Waals surface area contributed by atoms with Crippen molar-refractivity contribution in [1.29, 1.82) is 0 Å². The van der Waals surface area contributed by atoms with Gasteiger partial charge < -0.3 is 9.84 Å². The van der Waals surface area contributed by atoms with E-state index in [4.69, 9.17) is 9.84 Å². The fourth-order valence-corrected chi connectivity index (χ4v) is 2.66. The molecule has 0 saturated carbocycles. The molecule has 0 aliphatic carbocycles. The largest absolute Gasteiger partial charge is 0.481 e. The summed E-state index contributed by atoms with van der Waals surface area (Å²) in [4.78, 5) is 10.3. The zero-order valence-electron chi connectivity index (χ0n) is 13.6. The van der Waals surface area contributed by atoms with E-state index in [0.717, 1.165) is 32.1 Å². The molecule has 0 unspecified atom stereocenters. The SMILES string of the molecule is CCCC[C@@H]1O[C@@H]1CC/C=C\CCCCCCCC(=O)O. The number of unbranched alkanes of at least 4 members (excludes halogenated alkanes) is 6. The smallest absolute Gasteiger partial charge is 0.303 e. The summed E-state index contributed by atoms with van der Waals surface area (Å²) in [6, 6.07) is 0. The third-order valence-electron chi connectivity index (χ3n) is 4.08. The molecular weight excluding hydrogens is 264 g/mol. The van der Waals surface area contributed by atoms with E-state index in [1.807, 2.05) is 0 Å². The minimum absolute atomic E-state index is 0.322. The highest BCUT2D eigenvalue weighted by Crippen LogP contribution is 2.30. The van der Waals surface area contributed by atoms with Crippen molar-refractivity contribution in [3.63, 3.8) is 0 Å². The van der Waals surface area contributed by atoms with Gasteiger partial charge in [-0.25, -0.2) is 0 Å². The van der Waals surface area contributed by atoms with Crippen LogP contribution in [0.25, 0.3) is 0 Å². The lowest BCUT2D eigenvalue weighted by Gasteiger charge is -1.98. The summed E-state index contributed by atoms with van der Waals surface area (Å²) in [5, 5.41) is 8.52. The average molecular weight is 296 g/mol. The van der Waals surface area contributed by atoms with Crippen molar-refractivity contribution in [2.45, 2.75) is 96.2 Å². The van der Waals surface area contributed by atoms with Crippen LogP contribution < -0.4 is 0 Å². The van der Waals surface area contributed by atoms with Crippen LogP contribution in [0.5, 0.6) is 0 Å². The summed E-state index contributed by atoms with van der Waals surface area (Å²) in [6.45, 7) is 2.23. The van der Waals surface area contributed by atoms with E-state index in [1.165, 1.54) is 38.5 Å². The van der Waals surface area contributed by atoms with E-state index in [1.54, 1.807) is 0 Å². The maximum atomic E-state index is 10.3. The van der Waals surface area contributed by atoms with Crippen LogP contribution in [0.3, 0.4) is 0 Å². The van der Waals surface area contributed by atoms with Gasteiger partial charge >= 0.3 is 5.97 Å². The molecule has 3 nitrogen and oxygen atoms in total. The van der Waals surface area contributed by atoms with Crippen LogP contribution >= 0.6 is 0 Å². The van der Waals surface area contributed by atoms with Gasteiger partial charge in [0.05, 0.1) is 12.2 Å². The summed E-state index contributed by atoms with van der Waals surface area (Å²) in [5.74, 6) is -0.672. The van der Waals surface area contributed by atoms with E-state index in [9.17, 15) is 4.79 Å². The monoisotopic (exact) mass is 296 g/mol. The topological polar surface area (TPSA) is 49.8 Å². The molecule has 0 amide bonds. The summed E-state index contributed by atoms with van der Waals surface area (Å²) >= 11 is 0. The highest BCUT2D eigenvalue weighted by Gasteiger charge is 2.36. The summed E-state index contributed by atoms with van der Waals surface area (Å²) < 4.78 is 5.64. The molecule has 21 heavy (non-hydrogen) atoms. The third kappa shape index (κ3) is 10.5. The number of aliphatic carboxylic acids is 1. The van der Waals surface area contributed by atoms with Crippen molar-refractivity contribution in [2.24, 2.45) is 0 Å². The maximum absolute atomic E-state index is 10.3. The van der Waals surface area contributed by atoms with Gasteiger partial charge in [0.1, 0.15) is 0 Å². The van der Waals surface area contributed by atoms with Crippen molar-refractivity contribution < 1.29 is 14.6 Å². The number of carboxylic acids is 1. The molecule has 1 heterocycles. The van der Waals surface area contributed by atoms with Gasteiger partial charge in [-0.05, 0) is 38.5 Å². The van der Waals surface area contributed by atoms with Gasteiger partial charge in [-0.2, -0.15) is 0 Å². The third-order valence-corrected chi connectivity index (χ3v) is 4.08. The average Bonchev–Trinajstić information content (AvgIpc) is 3.20. The van der Waals surface area contributed by atoms with Crippen LogP contribution in [-0.2, 0) is 9.53 Å². The van der Waals surface area contributed by atoms with Crippen LogP contribution in [0.1, 0.15) is 84.0 Å². The zero-order valence-corrected chi connectivity index (χ0v) is 13.6. The van der Waals surface area contributed by atoms with Crippen LogP contribution in [0.15, 0.2) is 12.2 Å². The van der Waals surface area contributed by atoms with Crippen molar-refractivity contribution in [2.75, 3.05) is 0 Å². The Kier molecular flexibility index (Phi) is 10.2. The summed E-state index contributed by atoms with van der Waals surface area (Å²) in [5.41, 5.74) is 0. The van der Waals surface area contributed by atoms with Crippen molar-refractivity contribution >= 4 is 5.97 Å². The number of allylic oxidation sites excluding steroid dienone is 2. The van der Waals surface area contributed by atoms with Gasteiger partial charge in [0, 0.05) is 6.42 Å². The molecule has 1 rings (SSSR count). The lowest BCUT2D eigenvalue weighted by Crippen LogP contribution is -1.93. The molecule has 1 saturated heterocycles. The van der Waals surface area contributed by atoms with Crippen molar-refractivity contribution in [1.82, 2.24) is 0 Å². The second-order valence-corrected chi connectivity index (χ2v) is 6.10. The van der Waals surface area contributed by atoms with Crippen LogP contribution in [-0.4, -0.2) is 23.3 Å². The molecule has 0 aromatic heterocycles. The molecule has 2 atom stereocenters. The Morgan fingerprint density at radius 3 is 2.38 bits per heavy atom. The molecule has 0 spiro atoms. The van der Waals surface area contributed by atoms with Crippen molar-refractivity contribution in [3.05, 3.63) is 12.2 Å². The number of carbonyl (C=O) groups is 1. The van der Waals surface area contributed by atoms with Gasteiger partial charge in [-0.3, -0.25) is 4.79 Å². The molecule has 1 N–H and O–H groups in total. The van der Waals surface area contributed by atoms with Crippen LogP contribution in [0.2, 0.25) is 0 Å².